The van der Waals surface area contributed by atoms with Crippen LogP contribution in [0.3, 0.4) is 0 Å². The van der Waals surface area contributed by atoms with Crippen LogP contribution in [0, 0.1) is 0 Å². The Kier molecular flexibility index (Phi) is 2.13. The Morgan fingerprint density at radius 3 is 2.50 bits per heavy atom. The first-order valence-electron chi connectivity index (χ1n) is 4.42. The van der Waals surface area contributed by atoms with E-state index in [0.717, 1.165) is 30.4 Å². The van der Waals surface area contributed by atoms with Gasteiger partial charge in [-0.3, -0.25) is 0 Å². The van der Waals surface area contributed by atoms with Crippen molar-refractivity contribution >= 4 is 0 Å². The first-order valence-corrected chi connectivity index (χ1v) is 4.42. The number of hydrogen-bond acceptors (Lipinski definition) is 1. The second-order valence-electron chi connectivity index (χ2n) is 3.33. The lowest BCUT2D eigenvalue weighted by molar-refractivity contribution is -0.274. The van der Waals surface area contributed by atoms with Crippen molar-refractivity contribution in [3.05, 3.63) is 29.3 Å². The van der Waals surface area contributed by atoms with Gasteiger partial charge in [0.1, 0.15) is 5.75 Å². The fourth-order valence-corrected chi connectivity index (χ4v) is 1.75. The van der Waals surface area contributed by atoms with E-state index in [4.69, 9.17) is 0 Å². The van der Waals surface area contributed by atoms with E-state index in [1.54, 1.807) is 6.07 Å². The van der Waals surface area contributed by atoms with E-state index in [9.17, 15) is 13.2 Å². The summed E-state index contributed by atoms with van der Waals surface area (Å²) in [6, 6.07) is 4.57. The third-order valence-corrected chi connectivity index (χ3v) is 2.30. The van der Waals surface area contributed by atoms with Gasteiger partial charge in [0.15, 0.2) is 0 Å². The minimum absolute atomic E-state index is 0.113. The molecule has 0 saturated carbocycles. The third-order valence-electron chi connectivity index (χ3n) is 2.30. The van der Waals surface area contributed by atoms with E-state index in [2.05, 4.69) is 4.74 Å². The highest BCUT2D eigenvalue weighted by molar-refractivity contribution is 5.38. The molecule has 0 spiro atoms. The molecule has 0 amide bonds. The van der Waals surface area contributed by atoms with Gasteiger partial charge in [-0.25, -0.2) is 0 Å². The lowest BCUT2D eigenvalue weighted by atomic mass is 10.1. The quantitative estimate of drug-likeness (QED) is 0.680. The summed E-state index contributed by atoms with van der Waals surface area (Å²) >= 11 is 0. The summed E-state index contributed by atoms with van der Waals surface area (Å²) in [5.41, 5.74) is 2.12. The molecule has 0 atom stereocenters. The predicted octanol–water partition coefficient (Wildman–Crippen LogP) is 3.07. The van der Waals surface area contributed by atoms with E-state index < -0.39 is 6.36 Å². The molecule has 1 nitrogen and oxygen atoms in total. The van der Waals surface area contributed by atoms with Crippen LogP contribution in [0.4, 0.5) is 13.2 Å². The van der Waals surface area contributed by atoms with Crippen molar-refractivity contribution in [1.82, 2.24) is 0 Å². The number of halogens is 3. The van der Waals surface area contributed by atoms with Crippen LogP contribution in [0.1, 0.15) is 17.5 Å². The van der Waals surface area contributed by atoms with Crippen LogP contribution in [0.2, 0.25) is 0 Å². The van der Waals surface area contributed by atoms with Crippen molar-refractivity contribution in [2.24, 2.45) is 0 Å². The number of fused-ring (bicyclic) bond motifs is 1. The summed E-state index contributed by atoms with van der Waals surface area (Å²) < 4.78 is 39.4. The minimum atomic E-state index is -4.59. The molecule has 0 N–H and O–H groups in total. The van der Waals surface area contributed by atoms with Crippen LogP contribution in [-0.4, -0.2) is 6.36 Å². The standard InChI is InChI=1S/C10H9F3O/c11-10(12,13)14-9-5-4-7-2-1-3-8(7)6-9/h4-6H,1-3H2. The van der Waals surface area contributed by atoms with Crippen molar-refractivity contribution < 1.29 is 17.9 Å². The number of alkyl halides is 3. The third kappa shape index (κ3) is 2.00. The summed E-state index contributed by atoms with van der Waals surface area (Å²) in [7, 11) is 0. The maximum absolute atomic E-state index is 11.9. The summed E-state index contributed by atoms with van der Waals surface area (Å²) in [5.74, 6) is -0.113. The van der Waals surface area contributed by atoms with E-state index >= 15 is 0 Å². The van der Waals surface area contributed by atoms with Gasteiger partial charge >= 0.3 is 6.36 Å². The molecular weight excluding hydrogens is 193 g/mol. The SMILES string of the molecule is FC(F)(F)Oc1ccc2c(c1)CCC2. The molecule has 0 heterocycles. The molecule has 76 valence electrons. The number of hydrogen-bond donors (Lipinski definition) is 0. The van der Waals surface area contributed by atoms with Gasteiger partial charge in [-0.1, -0.05) is 6.07 Å². The van der Waals surface area contributed by atoms with Gasteiger partial charge < -0.3 is 4.74 Å². The molecule has 0 fully saturated rings. The molecule has 1 aliphatic carbocycles. The normalized spacial score (nSPS) is 15.4. The zero-order chi connectivity index (χ0) is 10.2. The lowest BCUT2D eigenvalue weighted by Gasteiger charge is -2.09. The molecule has 0 bridgehead atoms. The van der Waals surface area contributed by atoms with E-state index in [-0.39, 0.29) is 5.75 Å². The fraction of sp³-hybridized carbons (Fsp3) is 0.400. The number of benzene rings is 1. The number of aryl methyl sites for hydroxylation is 2. The Balaban J connectivity index is 2.21. The highest BCUT2D eigenvalue weighted by Crippen LogP contribution is 2.29. The minimum Gasteiger partial charge on any atom is -0.406 e. The van der Waals surface area contributed by atoms with E-state index in [0.29, 0.717) is 0 Å². The lowest BCUT2D eigenvalue weighted by Crippen LogP contribution is -2.17. The number of rotatable bonds is 1. The zero-order valence-electron chi connectivity index (χ0n) is 7.40. The molecule has 1 aliphatic rings. The van der Waals surface area contributed by atoms with E-state index in [1.807, 2.05) is 0 Å². The molecule has 4 heteroatoms. The average molecular weight is 202 g/mol. The van der Waals surface area contributed by atoms with Gasteiger partial charge in [-0.15, -0.1) is 13.2 Å². The van der Waals surface area contributed by atoms with Gasteiger partial charge in [0.2, 0.25) is 0 Å². The van der Waals surface area contributed by atoms with Gasteiger partial charge in [0.25, 0.3) is 0 Å². The Labute approximate surface area is 79.5 Å². The second kappa shape index (κ2) is 3.19. The predicted molar refractivity (Wildman–Crippen MR) is 45.2 cm³/mol. The Morgan fingerprint density at radius 1 is 1.07 bits per heavy atom. The van der Waals surface area contributed by atoms with Crippen LogP contribution in [-0.2, 0) is 12.8 Å². The molecule has 0 unspecified atom stereocenters. The molecule has 1 aromatic rings. The molecule has 14 heavy (non-hydrogen) atoms. The Bertz CT molecular complexity index is 344. The molecule has 0 saturated heterocycles. The maximum atomic E-state index is 11.9. The highest BCUT2D eigenvalue weighted by Gasteiger charge is 2.31. The monoisotopic (exact) mass is 202 g/mol. The van der Waals surface area contributed by atoms with Crippen molar-refractivity contribution in [3.63, 3.8) is 0 Å². The van der Waals surface area contributed by atoms with Gasteiger partial charge in [0, 0.05) is 0 Å². The summed E-state index contributed by atoms with van der Waals surface area (Å²) in [4.78, 5) is 0. The molecule has 1 aromatic carbocycles. The molecular formula is C10H9F3O. The zero-order valence-corrected chi connectivity index (χ0v) is 7.40. The topological polar surface area (TPSA) is 9.23 Å². The van der Waals surface area contributed by atoms with Crippen LogP contribution >= 0.6 is 0 Å². The maximum Gasteiger partial charge on any atom is 0.573 e. The Hall–Kier alpha value is -1.19. The second-order valence-corrected chi connectivity index (χ2v) is 3.33. The van der Waals surface area contributed by atoms with Crippen molar-refractivity contribution in [3.8, 4) is 5.75 Å². The van der Waals surface area contributed by atoms with Crippen LogP contribution < -0.4 is 4.74 Å². The first-order chi connectivity index (χ1) is 6.54. The van der Waals surface area contributed by atoms with Crippen molar-refractivity contribution in [2.45, 2.75) is 25.6 Å². The van der Waals surface area contributed by atoms with E-state index in [1.165, 1.54) is 12.1 Å². The number of ether oxygens (including phenoxy) is 1. The van der Waals surface area contributed by atoms with Crippen LogP contribution in [0.5, 0.6) is 5.75 Å². The average Bonchev–Trinajstić information content (AvgIpc) is 2.47. The van der Waals surface area contributed by atoms with Crippen LogP contribution in [0.25, 0.3) is 0 Å². The highest BCUT2D eigenvalue weighted by atomic mass is 19.4. The van der Waals surface area contributed by atoms with Crippen molar-refractivity contribution in [2.75, 3.05) is 0 Å². The molecule has 0 aliphatic heterocycles. The molecule has 0 radical (unpaired) electrons. The largest absolute Gasteiger partial charge is 0.573 e. The first kappa shape index (κ1) is 9.37. The fourth-order valence-electron chi connectivity index (χ4n) is 1.75. The van der Waals surface area contributed by atoms with Gasteiger partial charge in [-0.05, 0) is 42.5 Å². The molecule has 2 rings (SSSR count). The van der Waals surface area contributed by atoms with Gasteiger partial charge in [0.05, 0.1) is 0 Å². The van der Waals surface area contributed by atoms with Crippen molar-refractivity contribution in [1.29, 1.82) is 0 Å². The van der Waals surface area contributed by atoms with Crippen LogP contribution in [0.15, 0.2) is 18.2 Å². The summed E-state index contributed by atoms with van der Waals surface area (Å²) in [6.45, 7) is 0. The van der Waals surface area contributed by atoms with Gasteiger partial charge in [-0.2, -0.15) is 0 Å². The molecule has 0 aromatic heterocycles. The summed E-state index contributed by atoms with van der Waals surface area (Å²) in [6.07, 6.45) is -1.76. The Morgan fingerprint density at radius 2 is 1.79 bits per heavy atom. The smallest absolute Gasteiger partial charge is 0.406 e. The summed E-state index contributed by atoms with van der Waals surface area (Å²) in [5, 5.41) is 0.